The van der Waals surface area contributed by atoms with Crippen molar-refractivity contribution in [3.63, 3.8) is 0 Å². The van der Waals surface area contributed by atoms with Crippen LogP contribution in [0.5, 0.6) is 0 Å². The molecule has 0 aromatic carbocycles. The Balaban J connectivity index is 0. The molecule has 0 saturated heterocycles. The van der Waals surface area contributed by atoms with Crippen LogP contribution in [0.25, 0.3) is 0 Å². The molecule has 0 heterocycles. The van der Waals surface area contributed by atoms with E-state index in [-0.39, 0.29) is 6.61 Å². The van der Waals surface area contributed by atoms with Crippen LogP contribution in [-0.2, 0) is 0 Å². The first-order valence-corrected chi connectivity index (χ1v) is 5.64. The second kappa shape index (κ2) is 17.9. The molecule has 82 valence electrons. The third-order valence-electron chi connectivity index (χ3n) is 1.71. The molecule has 0 amide bonds. The molecule has 0 unspecified atom stereocenters. The summed E-state index contributed by atoms with van der Waals surface area (Å²) in [7, 11) is 0. The predicted molar refractivity (Wildman–Crippen MR) is 60.1 cm³/mol. The number of hydrogen-bond acceptors (Lipinski definition) is 2. The van der Waals surface area contributed by atoms with E-state index in [2.05, 4.69) is 19.2 Å². The van der Waals surface area contributed by atoms with Gasteiger partial charge in [0.05, 0.1) is 0 Å². The molecule has 0 fully saturated rings. The van der Waals surface area contributed by atoms with Crippen LogP contribution < -0.4 is 5.32 Å². The summed E-state index contributed by atoms with van der Waals surface area (Å²) in [5, 5.41) is 10.9. The minimum Gasteiger partial charge on any atom is -0.397 e. The average Bonchev–Trinajstić information content (AvgIpc) is 2.13. The topological polar surface area (TPSA) is 32.3 Å². The molecular weight excluding hydrogens is 162 g/mol. The quantitative estimate of drug-likeness (QED) is 0.603. The molecule has 0 spiro atoms. The molecule has 0 aliphatic heterocycles. The van der Waals surface area contributed by atoms with Crippen molar-refractivity contribution in [3.05, 3.63) is 0 Å². The minimum absolute atomic E-state index is 0.250. The predicted octanol–water partition coefficient (Wildman–Crippen LogP) is 2.56. The van der Waals surface area contributed by atoms with Gasteiger partial charge in [-0.05, 0) is 26.4 Å². The maximum absolute atomic E-state index is 7.57. The fourth-order valence-electron chi connectivity index (χ4n) is 1.03. The van der Waals surface area contributed by atoms with Crippen LogP contribution in [0.1, 0.15) is 52.9 Å². The third kappa shape index (κ3) is 24.5. The Kier molecular flexibility index (Phi) is 21.2. The monoisotopic (exact) mass is 189 g/mol. The average molecular weight is 189 g/mol. The smallest absolute Gasteiger partial charge is 0.0402 e. The van der Waals surface area contributed by atoms with Gasteiger partial charge < -0.3 is 10.4 Å². The van der Waals surface area contributed by atoms with Crippen LogP contribution in [0.2, 0.25) is 0 Å². The van der Waals surface area contributed by atoms with Gasteiger partial charge >= 0.3 is 0 Å². The number of rotatable bonds is 7. The van der Waals surface area contributed by atoms with Gasteiger partial charge in [-0.15, -0.1) is 0 Å². The highest BCUT2D eigenvalue weighted by Gasteiger charge is 1.86. The summed E-state index contributed by atoms with van der Waals surface area (Å²) in [4.78, 5) is 0. The van der Waals surface area contributed by atoms with Crippen molar-refractivity contribution in [1.29, 1.82) is 0 Å². The summed E-state index contributed by atoms with van der Waals surface area (Å²) in [5.74, 6) is 0. The van der Waals surface area contributed by atoms with Gasteiger partial charge in [0.2, 0.25) is 0 Å². The van der Waals surface area contributed by atoms with E-state index in [0.717, 1.165) is 6.54 Å². The molecule has 0 aliphatic rings. The molecule has 0 rings (SSSR count). The van der Waals surface area contributed by atoms with Crippen LogP contribution in [-0.4, -0.2) is 24.8 Å². The van der Waals surface area contributed by atoms with Gasteiger partial charge in [-0.1, -0.05) is 39.5 Å². The summed E-state index contributed by atoms with van der Waals surface area (Å²) in [5.41, 5.74) is 0. The van der Waals surface area contributed by atoms with Crippen molar-refractivity contribution >= 4 is 0 Å². The van der Waals surface area contributed by atoms with Gasteiger partial charge in [-0.2, -0.15) is 0 Å². The van der Waals surface area contributed by atoms with Crippen LogP contribution in [0.3, 0.4) is 0 Å². The zero-order valence-corrected chi connectivity index (χ0v) is 9.60. The van der Waals surface area contributed by atoms with E-state index in [4.69, 9.17) is 5.11 Å². The van der Waals surface area contributed by atoms with E-state index >= 15 is 0 Å². The lowest BCUT2D eigenvalue weighted by molar-refractivity contribution is 0.318. The van der Waals surface area contributed by atoms with E-state index < -0.39 is 0 Å². The molecule has 0 bridgehead atoms. The Morgan fingerprint density at radius 1 is 0.923 bits per heavy atom. The van der Waals surface area contributed by atoms with E-state index in [9.17, 15) is 0 Å². The number of nitrogens with one attached hydrogen (secondary N) is 1. The van der Waals surface area contributed by atoms with Crippen molar-refractivity contribution in [2.24, 2.45) is 0 Å². The van der Waals surface area contributed by atoms with Crippen LogP contribution in [0.4, 0.5) is 0 Å². The summed E-state index contributed by atoms with van der Waals surface area (Å²) in [6, 6.07) is 0. The standard InChI is InChI=1S/C9H21N.C2H6O/c1-3-5-6-7-8-9-10-4-2;1-2-3/h10H,3-9H2,1-2H3;3H,2H2,1H3. The maximum Gasteiger partial charge on any atom is 0.0402 e. The second-order valence-corrected chi connectivity index (χ2v) is 3.08. The lowest BCUT2D eigenvalue weighted by Crippen LogP contribution is -2.13. The molecule has 0 aromatic rings. The van der Waals surface area contributed by atoms with Crippen molar-refractivity contribution in [1.82, 2.24) is 5.32 Å². The molecule has 0 saturated carbocycles. The molecule has 2 heteroatoms. The largest absolute Gasteiger partial charge is 0.397 e. The van der Waals surface area contributed by atoms with Crippen molar-refractivity contribution in [3.8, 4) is 0 Å². The van der Waals surface area contributed by atoms with Gasteiger partial charge in [-0.3, -0.25) is 0 Å². The molecule has 0 atom stereocenters. The van der Waals surface area contributed by atoms with Crippen LogP contribution >= 0.6 is 0 Å². The second-order valence-electron chi connectivity index (χ2n) is 3.08. The Morgan fingerprint density at radius 2 is 1.46 bits per heavy atom. The van der Waals surface area contributed by atoms with Crippen molar-refractivity contribution in [2.45, 2.75) is 52.9 Å². The molecule has 2 nitrogen and oxygen atoms in total. The molecular formula is C11H27NO. The Bertz CT molecular complexity index is 59.1. The maximum atomic E-state index is 7.57. The highest BCUT2D eigenvalue weighted by atomic mass is 16.2. The number of aliphatic hydroxyl groups is 1. The van der Waals surface area contributed by atoms with E-state index in [1.807, 2.05) is 0 Å². The van der Waals surface area contributed by atoms with E-state index in [0.29, 0.717) is 0 Å². The van der Waals surface area contributed by atoms with Crippen molar-refractivity contribution in [2.75, 3.05) is 19.7 Å². The number of hydrogen-bond donors (Lipinski definition) is 2. The van der Waals surface area contributed by atoms with Gasteiger partial charge in [-0.25, -0.2) is 0 Å². The van der Waals surface area contributed by atoms with E-state index in [1.54, 1.807) is 6.92 Å². The van der Waals surface area contributed by atoms with Crippen LogP contribution in [0.15, 0.2) is 0 Å². The van der Waals surface area contributed by atoms with Gasteiger partial charge in [0.15, 0.2) is 0 Å². The summed E-state index contributed by atoms with van der Waals surface area (Å²) >= 11 is 0. The lowest BCUT2D eigenvalue weighted by atomic mass is 10.1. The number of unbranched alkanes of at least 4 members (excludes halogenated alkanes) is 4. The Labute approximate surface area is 83.7 Å². The van der Waals surface area contributed by atoms with Crippen LogP contribution in [0, 0.1) is 0 Å². The molecule has 0 radical (unpaired) electrons. The lowest BCUT2D eigenvalue weighted by Gasteiger charge is -1.99. The zero-order valence-electron chi connectivity index (χ0n) is 9.60. The Morgan fingerprint density at radius 3 is 1.92 bits per heavy atom. The normalized spacial score (nSPS) is 9.23. The van der Waals surface area contributed by atoms with Gasteiger partial charge in [0.25, 0.3) is 0 Å². The minimum atomic E-state index is 0.250. The first-order valence-electron chi connectivity index (χ1n) is 5.64. The van der Waals surface area contributed by atoms with Gasteiger partial charge in [0.1, 0.15) is 0 Å². The SMILES string of the molecule is CCCCCCCNCC.CCO. The third-order valence-corrected chi connectivity index (χ3v) is 1.71. The highest BCUT2D eigenvalue weighted by Crippen LogP contribution is 2.00. The molecule has 2 N–H and O–H groups in total. The molecule has 0 aliphatic carbocycles. The molecule has 0 aromatic heterocycles. The van der Waals surface area contributed by atoms with Crippen molar-refractivity contribution < 1.29 is 5.11 Å². The summed E-state index contributed by atoms with van der Waals surface area (Å²) in [6.45, 7) is 8.67. The van der Waals surface area contributed by atoms with E-state index in [1.165, 1.54) is 38.6 Å². The number of aliphatic hydroxyl groups excluding tert-OH is 1. The summed E-state index contributed by atoms with van der Waals surface area (Å²) in [6.07, 6.45) is 6.93. The zero-order chi connectivity index (χ0) is 10.4. The first-order chi connectivity index (χ1) is 6.33. The Hall–Kier alpha value is -0.0800. The highest BCUT2D eigenvalue weighted by molar-refractivity contribution is 4.45. The molecule has 13 heavy (non-hydrogen) atoms. The fourth-order valence-corrected chi connectivity index (χ4v) is 1.03. The fraction of sp³-hybridized carbons (Fsp3) is 1.00. The summed E-state index contributed by atoms with van der Waals surface area (Å²) < 4.78 is 0. The first kappa shape index (κ1) is 15.4. The van der Waals surface area contributed by atoms with Gasteiger partial charge in [0, 0.05) is 6.61 Å².